The zero-order valence-corrected chi connectivity index (χ0v) is 12.8. The molecule has 2 amide bonds. The van der Waals surface area contributed by atoms with Gasteiger partial charge in [0.1, 0.15) is 5.75 Å². The van der Waals surface area contributed by atoms with E-state index in [0.717, 1.165) is 6.07 Å². The molecular weight excluding hydrogens is 337 g/mol. The first-order chi connectivity index (χ1) is 12.0. The van der Waals surface area contributed by atoms with Crippen LogP contribution in [-0.4, -0.2) is 24.5 Å². The zero-order valence-electron chi connectivity index (χ0n) is 12.8. The van der Waals surface area contributed by atoms with Gasteiger partial charge in [-0.1, -0.05) is 12.1 Å². The van der Waals surface area contributed by atoms with E-state index in [9.17, 15) is 22.8 Å². The van der Waals surface area contributed by atoms with Crippen molar-refractivity contribution in [2.24, 2.45) is 0 Å². The van der Waals surface area contributed by atoms with Crippen LogP contribution in [-0.2, 0) is 4.79 Å². The lowest BCUT2D eigenvalue weighted by molar-refractivity contribution is -0.123. The Morgan fingerprint density at radius 2 is 1.88 bits per heavy atom. The van der Waals surface area contributed by atoms with Crippen LogP contribution in [0.25, 0.3) is 0 Å². The first-order valence-electron chi connectivity index (χ1n) is 7.45. The fraction of sp³-hybridized carbons (Fsp3) is 0.176. The Hall–Kier alpha value is -3.03. The minimum Gasteiger partial charge on any atom is -0.478 e. The monoisotopic (exact) mass is 350 g/mol. The molecule has 0 bridgehead atoms. The van der Waals surface area contributed by atoms with Gasteiger partial charge >= 0.3 is 0 Å². The second-order valence-electron chi connectivity index (χ2n) is 5.36. The number of nitrogens with one attached hydrogen (secondary N) is 2. The topological polar surface area (TPSA) is 67.4 Å². The van der Waals surface area contributed by atoms with Crippen molar-refractivity contribution in [2.75, 3.05) is 11.9 Å². The van der Waals surface area contributed by atoms with E-state index in [1.54, 1.807) is 24.3 Å². The minimum atomic E-state index is -1.71. The molecule has 8 heteroatoms. The van der Waals surface area contributed by atoms with Crippen LogP contribution in [0.4, 0.5) is 18.9 Å². The lowest BCUT2D eigenvalue weighted by atomic mass is 10.1. The summed E-state index contributed by atoms with van der Waals surface area (Å²) in [5, 5.41) is 5.02. The standard InChI is InChI=1S/C17H13F3N2O3/c18-10-6-5-9(14(19)15(10)20)16(23)21-8-7-13-17(24)22-11-3-1-2-4-12(11)25-13/h1-6,13H,7-8H2,(H,21,23)(H,22,24). The Kier molecular flexibility index (Phi) is 4.60. The molecule has 1 atom stereocenters. The maximum Gasteiger partial charge on any atom is 0.265 e. The molecule has 2 N–H and O–H groups in total. The highest BCUT2D eigenvalue weighted by atomic mass is 19.2. The number of hydrogen-bond donors (Lipinski definition) is 2. The van der Waals surface area contributed by atoms with Crippen LogP contribution in [0.2, 0.25) is 0 Å². The zero-order chi connectivity index (χ0) is 18.0. The second-order valence-corrected chi connectivity index (χ2v) is 5.36. The predicted molar refractivity (Wildman–Crippen MR) is 82.8 cm³/mol. The molecule has 0 aliphatic carbocycles. The fourth-order valence-electron chi connectivity index (χ4n) is 2.40. The molecule has 25 heavy (non-hydrogen) atoms. The van der Waals surface area contributed by atoms with Gasteiger partial charge in [-0.2, -0.15) is 0 Å². The van der Waals surface area contributed by atoms with E-state index in [1.807, 2.05) is 0 Å². The lowest BCUT2D eigenvalue weighted by Crippen LogP contribution is -2.39. The van der Waals surface area contributed by atoms with Crippen LogP contribution < -0.4 is 15.4 Å². The smallest absolute Gasteiger partial charge is 0.265 e. The van der Waals surface area contributed by atoms with Crippen LogP contribution in [0.1, 0.15) is 16.8 Å². The summed E-state index contributed by atoms with van der Waals surface area (Å²) < 4.78 is 45.1. The summed E-state index contributed by atoms with van der Waals surface area (Å²) in [5.41, 5.74) is -0.0603. The molecule has 1 aliphatic heterocycles. The molecule has 2 aromatic rings. The van der Waals surface area contributed by atoms with Crippen LogP contribution >= 0.6 is 0 Å². The number of hydrogen-bond acceptors (Lipinski definition) is 3. The molecule has 1 aliphatic rings. The van der Waals surface area contributed by atoms with Gasteiger partial charge in [0.05, 0.1) is 11.3 Å². The summed E-state index contributed by atoms with van der Waals surface area (Å²) in [6, 6.07) is 8.40. The first kappa shape index (κ1) is 16.8. The summed E-state index contributed by atoms with van der Waals surface area (Å²) in [5.74, 6) is -5.41. The third-order valence-corrected chi connectivity index (χ3v) is 3.68. The van der Waals surface area contributed by atoms with Crippen molar-refractivity contribution in [1.82, 2.24) is 5.32 Å². The van der Waals surface area contributed by atoms with E-state index < -0.39 is 35.0 Å². The number of anilines is 1. The highest BCUT2D eigenvalue weighted by Gasteiger charge is 2.27. The molecule has 5 nitrogen and oxygen atoms in total. The number of rotatable bonds is 4. The van der Waals surface area contributed by atoms with Crippen LogP contribution in [0.5, 0.6) is 5.75 Å². The highest BCUT2D eigenvalue weighted by molar-refractivity contribution is 5.98. The lowest BCUT2D eigenvalue weighted by Gasteiger charge is -2.25. The van der Waals surface area contributed by atoms with Crippen LogP contribution in [0, 0.1) is 17.5 Å². The molecule has 0 spiro atoms. The minimum absolute atomic E-state index is 0.0163. The number of fused-ring (bicyclic) bond motifs is 1. The van der Waals surface area contributed by atoms with Gasteiger partial charge in [-0.15, -0.1) is 0 Å². The van der Waals surface area contributed by atoms with Crippen molar-refractivity contribution >= 4 is 17.5 Å². The van der Waals surface area contributed by atoms with Crippen molar-refractivity contribution in [3.05, 3.63) is 59.4 Å². The van der Waals surface area contributed by atoms with Crippen molar-refractivity contribution in [1.29, 1.82) is 0 Å². The summed E-state index contributed by atoms with van der Waals surface area (Å²) in [6.45, 7) is -0.0163. The Morgan fingerprint density at radius 3 is 2.68 bits per heavy atom. The molecular formula is C17H13F3N2O3. The van der Waals surface area contributed by atoms with Crippen molar-refractivity contribution in [2.45, 2.75) is 12.5 Å². The number of carbonyl (C=O) groups excluding carboxylic acids is 2. The Balaban J connectivity index is 1.59. The molecule has 3 rings (SSSR count). The van der Waals surface area contributed by atoms with Gasteiger partial charge in [0.25, 0.3) is 11.8 Å². The summed E-state index contributed by atoms with van der Waals surface area (Å²) in [7, 11) is 0. The van der Waals surface area contributed by atoms with Gasteiger partial charge in [-0.05, 0) is 24.3 Å². The molecule has 0 saturated heterocycles. The van der Waals surface area contributed by atoms with E-state index in [-0.39, 0.29) is 18.9 Å². The van der Waals surface area contributed by atoms with E-state index in [2.05, 4.69) is 10.6 Å². The number of amides is 2. The van der Waals surface area contributed by atoms with Gasteiger partial charge in [0, 0.05) is 13.0 Å². The quantitative estimate of drug-likeness (QED) is 0.833. The molecule has 1 heterocycles. The maximum atomic E-state index is 13.6. The largest absolute Gasteiger partial charge is 0.478 e. The molecule has 2 aromatic carbocycles. The van der Waals surface area contributed by atoms with Crippen molar-refractivity contribution in [3.63, 3.8) is 0 Å². The fourth-order valence-corrected chi connectivity index (χ4v) is 2.40. The van der Waals surface area contributed by atoms with Gasteiger partial charge in [0.2, 0.25) is 0 Å². The third kappa shape index (κ3) is 3.42. The molecule has 0 saturated carbocycles. The van der Waals surface area contributed by atoms with Gasteiger partial charge in [0.15, 0.2) is 23.6 Å². The van der Waals surface area contributed by atoms with Crippen LogP contribution in [0.15, 0.2) is 36.4 Å². The Morgan fingerprint density at radius 1 is 1.12 bits per heavy atom. The van der Waals surface area contributed by atoms with Gasteiger partial charge in [-0.3, -0.25) is 9.59 Å². The van der Waals surface area contributed by atoms with E-state index in [0.29, 0.717) is 17.5 Å². The molecule has 130 valence electrons. The van der Waals surface area contributed by atoms with Crippen molar-refractivity contribution in [3.8, 4) is 5.75 Å². The number of benzene rings is 2. The number of ether oxygens (including phenoxy) is 1. The number of para-hydroxylation sites is 2. The van der Waals surface area contributed by atoms with Crippen LogP contribution in [0.3, 0.4) is 0 Å². The normalized spacial score (nSPS) is 15.8. The van der Waals surface area contributed by atoms with E-state index >= 15 is 0 Å². The van der Waals surface area contributed by atoms with E-state index in [1.165, 1.54) is 0 Å². The summed E-state index contributed by atoms with van der Waals surface area (Å²) in [6.07, 6.45) is -0.706. The summed E-state index contributed by atoms with van der Waals surface area (Å²) >= 11 is 0. The average molecular weight is 350 g/mol. The van der Waals surface area contributed by atoms with E-state index in [4.69, 9.17) is 4.74 Å². The van der Waals surface area contributed by atoms with Gasteiger partial charge < -0.3 is 15.4 Å². The third-order valence-electron chi connectivity index (χ3n) is 3.68. The first-order valence-corrected chi connectivity index (χ1v) is 7.45. The second kappa shape index (κ2) is 6.84. The summed E-state index contributed by atoms with van der Waals surface area (Å²) in [4.78, 5) is 23.8. The molecule has 0 fully saturated rings. The van der Waals surface area contributed by atoms with Crippen molar-refractivity contribution < 1.29 is 27.5 Å². The van der Waals surface area contributed by atoms with Gasteiger partial charge in [-0.25, -0.2) is 13.2 Å². The molecule has 1 unspecified atom stereocenters. The maximum absolute atomic E-state index is 13.6. The molecule has 0 radical (unpaired) electrons. The number of carbonyl (C=O) groups is 2. The average Bonchev–Trinajstić information content (AvgIpc) is 2.60. The Labute approximate surface area is 140 Å². The molecule has 0 aromatic heterocycles. The highest BCUT2D eigenvalue weighted by Crippen LogP contribution is 2.29. The SMILES string of the molecule is O=C(NCCC1Oc2ccccc2NC1=O)c1ccc(F)c(F)c1F. The predicted octanol–water partition coefficient (Wildman–Crippen LogP) is 2.62. The Bertz CT molecular complexity index is 842. The number of halogens is 3.